The molecule has 3 amide bonds. The van der Waals surface area contributed by atoms with Crippen LogP contribution in [0.1, 0.15) is 60.1 Å². The van der Waals surface area contributed by atoms with Crippen LogP contribution in [-0.2, 0) is 11.3 Å². The summed E-state index contributed by atoms with van der Waals surface area (Å²) in [5, 5.41) is 2.88. The number of furan rings is 1. The Kier molecular flexibility index (Phi) is 4.84. The molecule has 3 heterocycles. The molecule has 1 aliphatic heterocycles. The van der Waals surface area contributed by atoms with E-state index >= 15 is 0 Å². The van der Waals surface area contributed by atoms with Crippen LogP contribution in [0.3, 0.4) is 0 Å². The van der Waals surface area contributed by atoms with Crippen molar-refractivity contribution in [3.8, 4) is 0 Å². The minimum atomic E-state index is -0.819. The van der Waals surface area contributed by atoms with Crippen LogP contribution >= 0.6 is 0 Å². The first kappa shape index (κ1) is 19.5. The number of imide groups is 1. The van der Waals surface area contributed by atoms with E-state index in [9.17, 15) is 14.4 Å². The molecule has 1 spiro atoms. The Hall–Kier alpha value is -2.83. The van der Waals surface area contributed by atoms with E-state index < -0.39 is 11.6 Å². The van der Waals surface area contributed by atoms with Gasteiger partial charge in [-0.05, 0) is 63.6 Å². The maximum absolute atomic E-state index is 13.0. The Morgan fingerprint density at radius 3 is 2.66 bits per heavy atom. The highest BCUT2D eigenvalue weighted by Gasteiger charge is 2.52. The first-order chi connectivity index (χ1) is 13.8. The molecule has 154 valence electrons. The number of ketones is 1. The molecule has 0 radical (unpaired) electrons. The maximum atomic E-state index is 13.0. The molecule has 0 unspecified atom stereocenters. The topological polar surface area (TPSA) is 84.5 Å². The summed E-state index contributed by atoms with van der Waals surface area (Å²) in [5.74, 6) is 0.870. The number of Topliss-reactive ketones (excluding diaryl/α,β-unsaturated/α-hetero) is 1. The predicted molar refractivity (Wildman–Crippen MR) is 107 cm³/mol. The summed E-state index contributed by atoms with van der Waals surface area (Å²) in [5.41, 5.74) is 1.45. The average molecular weight is 397 g/mol. The summed E-state index contributed by atoms with van der Waals surface area (Å²) < 4.78 is 7.41. The lowest BCUT2D eigenvalue weighted by Gasteiger charge is -2.33. The fourth-order valence-corrected chi connectivity index (χ4v) is 4.53. The Balaban J connectivity index is 1.51. The lowest BCUT2D eigenvalue weighted by molar-refractivity contribution is -0.132. The van der Waals surface area contributed by atoms with Crippen LogP contribution in [0.2, 0.25) is 0 Å². The van der Waals surface area contributed by atoms with Crippen LogP contribution < -0.4 is 5.32 Å². The van der Waals surface area contributed by atoms with Crippen molar-refractivity contribution in [3.63, 3.8) is 0 Å². The number of carbonyl (C=O) groups excluding carboxylic acids is 3. The Morgan fingerprint density at radius 1 is 1.28 bits per heavy atom. The molecule has 2 aliphatic rings. The van der Waals surface area contributed by atoms with E-state index in [1.807, 2.05) is 36.6 Å². The quantitative estimate of drug-likeness (QED) is 0.619. The predicted octanol–water partition coefficient (Wildman–Crippen LogP) is 3.43. The van der Waals surface area contributed by atoms with Gasteiger partial charge in [0.25, 0.3) is 5.91 Å². The van der Waals surface area contributed by atoms with Gasteiger partial charge in [-0.2, -0.15) is 0 Å². The third-order valence-electron chi connectivity index (χ3n) is 6.44. The van der Waals surface area contributed by atoms with Crippen molar-refractivity contribution < 1.29 is 18.8 Å². The number of carbonyl (C=O) groups is 3. The van der Waals surface area contributed by atoms with Gasteiger partial charge in [0.15, 0.2) is 5.78 Å². The second-order valence-corrected chi connectivity index (χ2v) is 8.46. The summed E-state index contributed by atoms with van der Waals surface area (Å²) >= 11 is 0. The molecule has 0 aromatic carbocycles. The van der Waals surface area contributed by atoms with Crippen LogP contribution in [0.15, 0.2) is 28.9 Å². The molecule has 2 aromatic rings. The largest absolute Gasteiger partial charge is 0.467 e. The van der Waals surface area contributed by atoms with Crippen LogP contribution in [0, 0.1) is 19.8 Å². The van der Waals surface area contributed by atoms with E-state index in [0.717, 1.165) is 34.9 Å². The van der Waals surface area contributed by atoms with Gasteiger partial charge in [-0.1, -0.05) is 6.92 Å². The standard InChI is InChI=1S/C22H27N3O4/c1-14-6-8-22(9-7-14)20(27)25(21(28)23-22)13-19(26)18-11-15(2)24(16(18)3)12-17-5-4-10-29-17/h4-5,10-11,14H,6-9,12-13H2,1-3H3,(H,23,28). The van der Waals surface area contributed by atoms with E-state index in [0.29, 0.717) is 30.9 Å². The fraction of sp³-hybridized carbons (Fsp3) is 0.500. The molecule has 29 heavy (non-hydrogen) atoms. The number of rotatable bonds is 5. The minimum absolute atomic E-state index is 0.228. The Morgan fingerprint density at radius 2 is 2.00 bits per heavy atom. The van der Waals surface area contributed by atoms with E-state index in [1.54, 1.807) is 6.26 Å². The van der Waals surface area contributed by atoms with Gasteiger partial charge >= 0.3 is 6.03 Å². The zero-order chi connectivity index (χ0) is 20.8. The smallest absolute Gasteiger partial charge is 0.325 e. The van der Waals surface area contributed by atoms with Crippen LogP contribution in [0.25, 0.3) is 0 Å². The summed E-state index contributed by atoms with van der Waals surface area (Å²) in [4.78, 5) is 39.6. The molecule has 0 atom stereocenters. The molecular weight excluding hydrogens is 370 g/mol. The zero-order valence-electron chi connectivity index (χ0n) is 17.2. The molecule has 7 heteroatoms. The van der Waals surface area contributed by atoms with Gasteiger partial charge in [0.05, 0.1) is 19.4 Å². The maximum Gasteiger partial charge on any atom is 0.325 e. The van der Waals surface area contributed by atoms with Crippen molar-refractivity contribution in [3.05, 3.63) is 47.2 Å². The highest BCUT2D eigenvalue weighted by molar-refractivity contribution is 6.11. The van der Waals surface area contributed by atoms with Crippen molar-refractivity contribution in [1.82, 2.24) is 14.8 Å². The first-order valence-electron chi connectivity index (χ1n) is 10.2. The highest BCUT2D eigenvalue weighted by Crippen LogP contribution is 2.36. The third-order valence-corrected chi connectivity index (χ3v) is 6.44. The zero-order valence-corrected chi connectivity index (χ0v) is 17.2. The summed E-state index contributed by atoms with van der Waals surface area (Å²) in [6, 6.07) is 5.08. The number of nitrogens with zero attached hydrogens (tertiary/aromatic N) is 2. The number of nitrogens with one attached hydrogen (secondary N) is 1. The molecule has 1 saturated heterocycles. The lowest BCUT2D eigenvalue weighted by Crippen LogP contribution is -2.49. The summed E-state index contributed by atoms with van der Waals surface area (Å²) in [7, 11) is 0. The SMILES string of the molecule is Cc1cc(C(=O)CN2C(=O)NC3(CCC(C)CC3)C2=O)c(C)n1Cc1ccco1. The lowest BCUT2D eigenvalue weighted by atomic mass is 9.77. The number of aryl methyl sites for hydroxylation is 1. The second-order valence-electron chi connectivity index (χ2n) is 8.46. The van der Waals surface area contributed by atoms with Crippen molar-refractivity contribution in [2.45, 2.75) is 58.5 Å². The van der Waals surface area contributed by atoms with Gasteiger partial charge in [0, 0.05) is 17.0 Å². The van der Waals surface area contributed by atoms with Crippen molar-refractivity contribution >= 4 is 17.7 Å². The van der Waals surface area contributed by atoms with Gasteiger partial charge in [0.1, 0.15) is 11.3 Å². The molecule has 2 aromatic heterocycles. The van der Waals surface area contributed by atoms with Crippen molar-refractivity contribution in [2.75, 3.05) is 6.54 Å². The molecule has 7 nitrogen and oxygen atoms in total. The normalized spacial score (nSPS) is 24.4. The molecule has 0 bridgehead atoms. The molecular formula is C22H27N3O4. The van der Waals surface area contributed by atoms with Crippen LogP contribution in [0.5, 0.6) is 0 Å². The molecule has 1 N–H and O–H groups in total. The molecule has 2 fully saturated rings. The average Bonchev–Trinajstić information content (AvgIpc) is 3.36. The van der Waals surface area contributed by atoms with Crippen molar-refractivity contribution in [1.29, 1.82) is 0 Å². The van der Waals surface area contributed by atoms with Gasteiger partial charge in [-0.15, -0.1) is 0 Å². The third kappa shape index (κ3) is 3.39. The van der Waals surface area contributed by atoms with Gasteiger partial charge in [-0.3, -0.25) is 14.5 Å². The van der Waals surface area contributed by atoms with Crippen LogP contribution in [0.4, 0.5) is 4.79 Å². The monoisotopic (exact) mass is 397 g/mol. The van der Waals surface area contributed by atoms with Crippen molar-refractivity contribution in [2.24, 2.45) is 5.92 Å². The van der Waals surface area contributed by atoms with E-state index in [2.05, 4.69) is 12.2 Å². The van der Waals surface area contributed by atoms with Gasteiger partial charge in [-0.25, -0.2) is 4.79 Å². The van der Waals surface area contributed by atoms with E-state index in [4.69, 9.17) is 4.42 Å². The minimum Gasteiger partial charge on any atom is -0.467 e. The summed E-state index contributed by atoms with van der Waals surface area (Å²) in [6.45, 7) is 6.26. The van der Waals surface area contributed by atoms with E-state index in [-0.39, 0.29) is 18.2 Å². The number of aromatic nitrogens is 1. The fourth-order valence-electron chi connectivity index (χ4n) is 4.53. The van der Waals surface area contributed by atoms with Gasteiger partial charge < -0.3 is 14.3 Å². The highest BCUT2D eigenvalue weighted by atomic mass is 16.3. The number of urea groups is 1. The van der Waals surface area contributed by atoms with E-state index in [1.165, 1.54) is 0 Å². The molecule has 1 aliphatic carbocycles. The molecule has 1 saturated carbocycles. The molecule has 4 rings (SSSR count). The second kappa shape index (κ2) is 7.21. The van der Waals surface area contributed by atoms with Gasteiger partial charge in [0.2, 0.25) is 0 Å². The Labute approximate surface area is 170 Å². The first-order valence-corrected chi connectivity index (χ1v) is 10.2. The summed E-state index contributed by atoms with van der Waals surface area (Å²) in [6.07, 6.45) is 4.71. The number of amides is 3. The number of hydrogen-bond donors (Lipinski definition) is 1. The number of hydrogen-bond acceptors (Lipinski definition) is 4. The Bertz CT molecular complexity index is 949. The van der Waals surface area contributed by atoms with Crippen LogP contribution in [-0.4, -0.2) is 39.3 Å².